The lowest BCUT2D eigenvalue weighted by Gasteiger charge is -2.33. The van der Waals surface area contributed by atoms with Crippen molar-refractivity contribution in [2.75, 3.05) is 17.4 Å². The third kappa shape index (κ3) is 8.24. The van der Waals surface area contributed by atoms with Crippen molar-refractivity contribution in [3.63, 3.8) is 0 Å². The van der Waals surface area contributed by atoms with Crippen LogP contribution < -0.4 is 9.62 Å². The van der Waals surface area contributed by atoms with Gasteiger partial charge in [-0.1, -0.05) is 74.3 Å². The molecule has 0 aliphatic rings. The number of carbonyl (C=O) groups excluding carboxylic acids is 2. The zero-order chi connectivity index (χ0) is 30.3. The Bertz CT molecular complexity index is 1480. The van der Waals surface area contributed by atoms with E-state index < -0.39 is 28.5 Å². The molecular weight excluding hydrogens is 581 g/mol. The highest BCUT2D eigenvalue weighted by atomic mass is 35.5. The topological polar surface area (TPSA) is 86.8 Å². The molecule has 1 atom stereocenters. The van der Waals surface area contributed by atoms with Crippen molar-refractivity contribution in [3.8, 4) is 0 Å². The Labute approximate surface area is 253 Å². The number of aryl methyl sites for hydroxylation is 2. The molecule has 220 valence electrons. The molecule has 0 saturated heterocycles. The van der Waals surface area contributed by atoms with Crippen LogP contribution in [0, 0.1) is 19.8 Å². The number of halogens is 2. The van der Waals surface area contributed by atoms with Crippen molar-refractivity contribution in [1.82, 2.24) is 10.2 Å². The Morgan fingerprint density at radius 2 is 1.61 bits per heavy atom. The van der Waals surface area contributed by atoms with Crippen molar-refractivity contribution >= 4 is 50.7 Å². The molecule has 41 heavy (non-hydrogen) atoms. The fraction of sp³-hybridized carbons (Fsp3) is 0.355. The molecule has 0 radical (unpaired) electrons. The summed E-state index contributed by atoms with van der Waals surface area (Å²) in [5.74, 6) is -0.647. The van der Waals surface area contributed by atoms with Crippen LogP contribution in [0.2, 0.25) is 10.0 Å². The molecule has 1 N–H and O–H groups in total. The summed E-state index contributed by atoms with van der Waals surface area (Å²) in [6, 6.07) is 17.3. The van der Waals surface area contributed by atoms with Gasteiger partial charge in [-0.3, -0.25) is 13.9 Å². The highest BCUT2D eigenvalue weighted by molar-refractivity contribution is 7.92. The van der Waals surface area contributed by atoms with Crippen LogP contribution in [0.5, 0.6) is 0 Å². The maximum atomic E-state index is 14.2. The van der Waals surface area contributed by atoms with Crippen LogP contribution in [0.1, 0.15) is 43.9 Å². The van der Waals surface area contributed by atoms with E-state index in [4.69, 9.17) is 23.2 Å². The average molecular weight is 619 g/mol. The number of rotatable bonds is 12. The van der Waals surface area contributed by atoms with Gasteiger partial charge in [0.2, 0.25) is 11.8 Å². The molecule has 0 aromatic heterocycles. The van der Waals surface area contributed by atoms with Gasteiger partial charge in [-0.05, 0) is 79.3 Å². The number of anilines is 1. The number of hydrogen-bond acceptors (Lipinski definition) is 4. The van der Waals surface area contributed by atoms with E-state index in [1.165, 1.54) is 17.0 Å². The zero-order valence-electron chi connectivity index (χ0n) is 24.0. The highest BCUT2D eigenvalue weighted by Gasteiger charge is 2.34. The molecule has 0 saturated carbocycles. The number of carbonyl (C=O) groups is 2. The molecule has 10 heteroatoms. The second-order valence-corrected chi connectivity index (χ2v) is 13.1. The maximum Gasteiger partial charge on any atom is 0.264 e. The normalized spacial score (nSPS) is 12.2. The second kappa shape index (κ2) is 14.2. The third-order valence-electron chi connectivity index (χ3n) is 6.81. The van der Waals surface area contributed by atoms with Crippen LogP contribution in [-0.2, 0) is 26.2 Å². The first kappa shape index (κ1) is 32.4. The Balaban J connectivity index is 2.08. The van der Waals surface area contributed by atoms with Gasteiger partial charge in [-0.15, -0.1) is 0 Å². The van der Waals surface area contributed by atoms with Crippen molar-refractivity contribution in [2.45, 2.75) is 58.5 Å². The van der Waals surface area contributed by atoms with E-state index in [0.29, 0.717) is 34.3 Å². The lowest BCUT2D eigenvalue weighted by atomic mass is 10.1. The Hall–Kier alpha value is -3.07. The molecule has 3 aromatic carbocycles. The smallest absolute Gasteiger partial charge is 0.264 e. The van der Waals surface area contributed by atoms with Crippen molar-refractivity contribution < 1.29 is 18.0 Å². The Morgan fingerprint density at radius 3 is 2.20 bits per heavy atom. The number of benzene rings is 3. The molecule has 7 nitrogen and oxygen atoms in total. The van der Waals surface area contributed by atoms with Crippen LogP contribution >= 0.6 is 23.2 Å². The fourth-order valence-electron chi connectivity index (χ4n) is 4.30. The van der Waals surface area contributed by atoms with E-state index in [2.05, 4.69) is 5.32 Å². The SMILES string of the molecule is CC[C@H](C(=O)NCC(C)C)N(Cc1ccc(Cl)cc1Cl)C(=O)CN(c1ccc(C)c(C)c1)S(=O)(=O)c1ccccc1. The molecule has 0 bridgehead atoms. The van der Waals surface area contributed by atoms with Crippen molar-refractivity contribution in [2.24, 2.45) is 5.92 Å². The summed E-state index contributed by atoms with van der Waals surface area (Å²) in [6.07, 6.45) is 0.315. The highest BCUT2D eigenvalue weighted by Crippen LogP contribution is 2.28. The number of sulfonamides is 1. The van der Waals surface area contributed by atoms with E-state index in [1.807, 2.05) is 40.7 Å². The van der Waals surface area contributed by atoms with Crippen LogP contribution in [0.25, 0.3) is 0 Å². The van der Waals surface area contributed by atoms with Gasteiger partial charge in [0, 0.05) is 23.1 Å². The van der Waals surface area contributed by atoms with E-state index in [-0.39, 0.29) is 23.3 Å². The fourth-order valence-corrected chi connectivity index (χ4v) is 6.20. The average Bonchev–Trinajstić information content (AvgIpc) is 2.93. The number of hydrogen-bond donors (Lipinski definition) is 1. The molecule has 3 aromatic rings. The van der Waals surface area contributed by atoms with Gasteiger partial charge < -0.3 is 10.2 Å². The van der Waals surface area contributed by atoms with Crippen molar-refractivity contribution in [1.29, 1.82) is 0 Å². The van der Waals surface area contributed by atoms with Gasteiger partial charge >= 0.3 is 0 Å². The summed E-state index contributed by atoms with van der Waals surface area (Å²) in [4.78, 5) is 28.9. The minimum Gasteiger partial charge on any atom is -0.354 e. The summed E-state index contributed by atoms with van der Waals surface area (Å²) in [5, 5.41) is 3.70. The van der Waals surface area contributed by atoms with Gasteiger partial charge in [0.15, 0.2) is 0 Å². The van der Waals surface area contributed by atoms with E-state index in [1.54, 1.807) is 48.5 Å². The van der Waals surface area contributed by atoms with Gasteiger partial charge in [-0.2, -0.15) is 0 Å². The summed E-state index contributed by atoms with van der Waals surface area (Å²) in [7, 11) is -4.13. The standard InChI is InChI=1S/C31H37Cl2N3O4S/c1-6-29(31(38)34-18-21(2)3)35(19-24-13-14-25(32)17-28(24)33)30(37)20-36(26-15-12-22(4)23(5)16-26)41(39,40)27-10-8-7-9-11-27/h7-17,21,29H,6,18-20H2,1-5H3,(H,34,38)/t29-/m1/s1. The molecule has 2 amide bonds. The summed E-state index contributed by atoms with van der Waals surface area (Å²) in [6.45, 7) is 9.50. The molecule has 0 unspecified atom stereocenters. The molecule has 0 aliphatic carbocycles. The minimum absolute atomic E-state index is 0.00537. The van der Waals surface area contributed by atoms with Gasteiger partial charge in [0.25, 0.3) is 10.0 Å². The number of amides is 2. The van der Waals surface area contributed by atoms with Gasteiger partial charge in [0.05, 0.1) is 10.6 Å². The molecule has 0 fully saturated rings. The van der Waals surface area contributed by atoms with E-state index in [0.717, 1.165) is 15.4 Å². The largest absolute Gasteiger partial charge is 0.354 e. The Morgan fingerprint density at radius 1 is 0.927 bits per heavy atom. The first-order valence-electron chi connectivity index (χ1n) is 13.5. The van der Waals surface area contributed by atoms with Crippen LogP contribution in [-0.4, -0.2) is 44.3 Å². The van der Waals surface area contributed by atoms with E-state index >= 15 is 0 Å². The number of nitrogens with one attached hydrogen (secondary N) is 1. The predicted octanol–water partition coefficient (Wildman–Crippen LogP) is 6.39. The zero-order valence-corrected chi connectivity index (χ0v) is 26.4. The summed E-state index contributed by atoms with van der Waals surface area (Å²) in [5.41, 5.74) is 2.81. The summed E-state index contributed by atoms with van der Waals surface area (Å²) >= 11 is 12.6. The first-order chi connectivity index (χ1) is 19.3. The Kier molecular flexibility index (Phi) is 11.2. The number of nitrogens with zero attached hydrogens (tertiary/aromatic N) is 2. The van der Waals surface area contributed by atoms with Crippen molar-refractivity contribution in [3.05, 3.63) is 93.5 Å². The minimum atomic E-state index is -4.13. The van der Waals surface area contributed by atoms with Gasteiger partial charge in [-0.25, -0.2) is 8.42 Å². The predicted molar refractivity (Wildman–Crippen MR) is 166 cm³/mol. The van der Waals surface area contributed by atoms with Gasteiger partial charge in [0.1, 0.15) is 12.6 Å². The lowest BCUT2D eigenvalue weighted by Crippen LogP contribution is -2.52. The monoisotopic (exact) mass is 617 g/mol. The van der Waals surface area contributed by atoms with Crippen LogP contribution in [0.4, 0.5) is 5.69 Å². The molecular formula is C31H37Cl2N3O4S. The lowest BCUT2D eigenvalue weighted by molar-refractivity contribution is -0.140. The third-order valence-corrected chi connectivity index (χ3v) is 9.19. The maximum absolute atomic E-state index is 14.2. The first-order valence-corrected chi connectivity index (χ1v) is 15.7. The molecule has 0 spiro atoms. The molecule has 0 heterocycles. The van der Waals surface area contributed by atoms with Crippen LogP contribution in [0.15, 0.2) is 71.6 Å². The molecule has 0 aliphatic heterocycles. The van der Waals surface area contributed by atoms with Crippen LogP contribution in [0.3, 0.4) is 0 Å². The summed E-state index contributed by atoms with van der Waals surface area (Å²) < 4.78 is 29.0. The van der Waals surface area contributed by atoms with E-state index in [9.17, 15) is 18.0 Å². The second-order valence-electron chi connectivity index (χ2n) is 10.4. The quantitative estimate of drug-likeness (QED) is 0.255. The molecule has 3 rings (SSSR count).